The van der Waals surface area contributed by atoms with E-state index in [1.54, 1.807) is 89.4 Å². The number of hydrogen-bond donors (Lipinski definition) is 4. The van der Waals surface area contributed by atoms with Crippen LogP contribution in [0, 0.1) is 0 Å². The van der Waals surface area contributed by atoms with E-state index in [1.807, 2.05) is 0 Å². The molecule has 1 heterocycles. The maximum absolute atomic E-state index is 13.0. The van der Waals surface area contributed by atoms with Crippen LogP contribution in [0.4, 0.5) is 26.7 Å². The molecule has 12 nitrogen and oxygen atoms in total. The van der Waals surface area contributed by atoms with Gasteiger partial charge in [0.1, 0.15) is 17.0 Å². The van der Waals surface area contributed by atoms with Gasteiger partial charge in [0.15, 0.2) is 0 Å². The molecular formula is C31H37N5O7. The van der Waals surface area contributed by atoms with Crippen molar-refractivity contribution in [3.8, 4) is 5.75 Å². The molecule has 0 fully saturated rings. The first-order valence-corrected chi connectivity index (χ1v) is 13.7. The number of nitrogens with one attached hydrogen (secondary N) is 4. The molecule has 3 aromatic rings. The summed E-state index contributed by atoms with van der Waals surface area (Å²) in [5, 5.41) is 11.0. The minimum atomic E-state index is -0.687. The summed E-state index contributed by atoms with van der Waals surface area (Å²) in [6.07, 6.45) is 1.11. The van der Waals surface area contributed by atoms with Gasteiger partial charge in [-0.25, -0.2) is 9.59 Å². The highest BCUT2D eigenvalue weighted by Crippen LogP contribution is 2.24. The van der Waals surface area contributed by atoms with Crippen molar-refractivity contribution in [2.24, 2.45) is 0 Å². The Balaban J connectivity index is 1.71. The van der Waals surface area contributed by atoms with E-state index in [2.05, 4.69) is 26.3 Å². The van der Waals surface area contributed by atoms with E-state index in [1.165, 1.54) is 12.3 Å². The Bertz CT molecular complexity index is 1400. The van der Waals surface area contributed by atoms with Gasteiger partial charge >= 0.3 is 18.1 Å². The fourth-order valence-electron chi connectivity index (χ4n) is 3.86. The molecule has 0 saturated heterocycles. The molecule has 1 atom stereocenters. The van der Waals surface area contributed by atoms with Gasteiger partial charge in [-0.2, -0.15) is 0 Å². The number of ether oxygens (including phenoxy) is 3. The molecule has 12 heteroatoms. The zero-order chi connectivity index (χ0) is 31.4. The first kappa shape index (κ1) is 32.4. The van der Waals surface area contributed by atoms with Crippen molar-refractivity contribution in [2.45, 2.75) is 52.2 Å². The number of esters is 1. The highest BCUT2D eigenvalue weighted by molar-refractivity contribution is 6.05. The van der Waals surface area contributed by atoms with Gasteiger partial charge in [-0.1, -0.05) is 18.2 Å². The summed E-state index contributed by atoms with van der Waals surface area (Å²) >= 11 is 0. The van der Waals surface area contributed by atoms with Crippen LogP contribution in [0.25, 0.3) is 0 Å². The smallest absolute Gasteiger partial charge is 0.412 e. The fourth-order valence-corrected chi connectivity index (χ4v) is 3.86. The van der Waals surface area contributed by atoms with Crippen LogP contribution in [0.1, 0.15) is 62.6 Å². The highest BCUT2D eigenvalue weighted by Gasteiger charge is 2.20. The number of urea groups is 1. The predicted molar refractivity (Wildman–Crippen MR) is 162 cm³/mol. The van der Waals surface area contributed by atoms with E-state index in [-0.39, 0.29) is 25.1 Å². The average molecular weight is 592 g/mol. The molecular weight excluding hydrogens is 554 g/mol. The molecule has 2 aromatic carbocycles. The molecule has 0 aliphatic rings. The zero-order valence-electron chi connectivity index (χ0n) is 24.9. The van der Waals surface area contributed by atoms with Gasteiger partial charge in [0.2, 0.25) is 0 Å². The van der Waals surface area contributed by atoms with Gasteiger partial charge in [-0.05, 0) is 82.1 Å². The number of para-hydroxylation sites is 2. The molecule has 0 aliphatic heterocycles. The van der Waals surface area contributed by atoms with Crippen LogP contribution in [0.2, 0.25) is 0 Å². The lowest BCUT2D eigenvalue weighted by Gasteiger charge is -2.20. The predicted octanol–water partition coefficient (Wildman–Crippen LogP) is 5.90. The number of nitrogens with zero attached hydrogens (tertiary/aromatic N) is 1. The maximum Gasteiger partial charge on any atom is 0.412 e. The highest BCUT2D eigenvalue weighted by atomic mass is 16.6. The van der Waals surface area contributed by atoms with Crippen LogP contribution in [0.3, 0.4) is 0 Å². The molecule has 1 unspecified atom stereocenters. The lowest BCUT2D eigenvalue weighted by molar-refractivity contribution is -0.143. The number of aromatic nitrogens is 1. The molecule has 4 N–H and O–H groups in total. The molecule has 1 aromatic heterocycles. The SMILES string of the molecule is CCOC(=O)CCC(NC(=O)Nc1ccc(OC)cc1)c1ccc(C(=O)Nc2ccccc2NC(=O)OC(C)(C)C)nc1. The lowest BCUT2D eigenvalue weighted by atomic mass is 10.0. The second-order valence-electron chi connectivity index (χ2n) is 10.3. The van der Waals surface area contributed by atoms with Gasteiger partial charge in [0.25, 0.3) is 5.91 Å². The van der Waals surface area contributed by atoms with Gasteiger partial charge in [-0.15, -0.1) is 0 Å². The maximum atomic E-state index is 13.0. The minimum absolute atomic E-state index is 0.0605. The molecule has 0 aliphatic carbocycles. The van der Waals surface area contributed by atoms with Crippen LogP contribution in [0.5, 0.6) is 5.75 Å². The van der Waals surface area contributed by atoms with Crippen molar-refractivity contribution in [1.82, 2.24) is 10.3 Å². The van der Waals surface area contributed by atoms with E-state index >= 15 is 0 Å². The molecule has 4 amide bonds. The first-order chi connectivity index (χ1) is 20.5. The summed E-state index contributed by atoms with van der Waals surface area (Å²) in [6.45, 7) is 7.21. The third kappa shape index (κ3) is 10.7. The van der Waals surface area contributed by atoms with Crippen LogP contribution in [-0.4, -0.2) is 48.3 Å². The fraction of sp³-hybridized carbons (Fsp3) is 0.323. The Hall–Kier alpha value is -5.13. The van der Waals surface area contributed by atoms with Crippen molar-refractivity contribution >= 4 is 41.1 Å². The van der Waals surface area contributed by atoms with Crippen molar-refractivity contribution in [1.29, 1.82) is 0 Å². The second-order valence-corrected chi connectivity index (χ2v) is 10.3. The monoisotopic (exact) mass is 591 g/mol. The van der Waals surface area contributed by atoms with Crippen LogP contribution < -0.4 is 26.0 Å². The number of hydrogen-bond acceptors (Lipinski definition) is 8. The number of methoxy groups -OCH3 is 1. The van der Waals surface area contributed by atoms with Gasteiger partial charge < -0.3 is 30.2 Å². The van der Waals surface area contributed by atoms with E-state index in [0.717, 1.165) is 0 Å². The summed E-state index contributed by atoms with van der Waals surface area (Å²) in [5.41, 5.74) is 1.25. The molecule has 0 saturated carbocycles. The average Bonchev–Trinajstić information content (AvgIpc) is 2.96. The lowest BCUT2D eigenvalue weighted by Crippen LogP contribution is -2.33. The topological polar surface area (TPSA) is 157 Å². The van der Waals surface area contributed by atoms with E-state index in [0.29, 0.717) is 28.4 Å². The Morgan fingerprint density at radius 3 is 2.14 bits per heavy atom. The Morgan fingerprint density at radius 1 is 0.884 bits per heavy atom. The van der Waals surface area contributed by atoms with Crippen molar-refractivity contribution < 1.29 is 33.4 Å². The second kappa shape index (κ2) is 15.2. The van der Waals surface area contributed by atoms with Gasteiger partial charge in [-0.3, -0.25) is 19.9 Å². The van der Waals surface area contributed by atoms with Gasteiger partial charge in [0, 0.05) is 18.3 Å². The summed E-state index contributed by atoms with van der Waals surface area (Å²) in [6, 6.07) is 15.6. The standard InChI is InChI=1S/C31H37N5O7/c1-6-42-27(37)18-17-23(35-29(39)33-21-12-14-22(41-5)15-13-21)20-11-16-26(32-19-20)28(38)34-24-9-7-8-10-25(24)36-30(40)43-31(2,3)4/h7-16,19,23H,6,17-18H2,1-5H3,(H,34,38)(H,36,40)(H2,33,35,39). The third-order valence-corrected chi connectivity index (χ3v) is 5.83. The third-order valence-electron chi connectivity index (χ3n) is 5.83. The minimum Gasteiger partial charge on any atom is -0.497 e. The number of pyridine rings is 1. The molecule has 0 spiro atoms. The van der Waals surface area contributed by atoms with E-state index < -0.39 is 35.6 Å². The van der Waals surface area contributed by atoms with Gasteiger partial charge in [0.05, 0.1) is 31.1 Å². The van der Waals surface area contributed by atoms with Crippen LogP contribution >= 0.6 is 0 Å². The van der Waals surface area contributed by atoms with Crippen LogP contribution in [0.15, 0.2) is 66.9 Å². The number of amides is 4. The number of anilines is 3. The largest absolute Gasteiger partial charge is 0.497 e. The van der Waals surface area contributed by atoms with Crippen molar-refractivity contribution in [3.63, 3.8) is 0 Å². The number of rotatable bonds is 11. The van der Waals surface area contributed by atoms with Crippen molar-refractivity contribution in [2.75, 3.05) is 29.7 Å². The normalized spacial score (nSPS) is 11.5. The molecule has 0 radical (unpaired) electrons. The molecule has 3 rings (SSSR count). The molecule has 228 valence electrons. The Morgan fingerprint density at radius 2 is 1.56 bits per heavy atom. The zero-order valence-corrected chi connectivity index (χ0v) is 24.9. The molecule has 43 heavy (non-hydrogen) atoms. The Kier molecular flexibility index (Phi) is 11.4. The quantitative estimate of drug-likeness (QED) is 0.201. The van der Waals surface area contributed by atoms with E-state index in [9.17, 15) is 19.2 Å². The Labute approximate surface area is 250 Å². The summed E-state index contributed by atoms with van der Waals surface area (Å²) in [4.78, 5) is 54.4. The number of carbonyl (C=O) groups is 4. The number of carbonyl (C=O) groups excluding carboxylic acids is 4. The summed E-state index contributed by atoms with van der Waals surface area (Å²) in [5.74, 6) is -0.262. The van der Waals surface area contributed by atoms with E-state index in [4.69, 9.17) is 14.2 Å². The first-order valence-electron chi connectivity index (χ1n) is 13.7. The van der Waals surface area contributed by atoms with Crippen molar-refractivity contribution in [3.05, 3.63) is 78.1 Å². The molecule has 0 bridgehead atoms. The van der Waals surface area contributed by atoms with Crippen LogP contribution in [-0.2, 0) is 14.3 Å². The summed E-state index contributed by atoms with van der Waals surface area (Å²) < 4.78 is 15.5. The number of benzene rings is 2. The summed E-state index contributed by atoms with van der Waals surface area (Å²) in [7, 11) is 1.55.